The van der Waals surface area contributed by atoms with Gasteiger partial charge in [0.2, 0.25) is 0 Å². The van der Waals surface area contributed by atoms with Gasteiger partial charge in [-0.15, -0.1) is 11.3 Å². The van der Waals surface area contributed by atoms with Crippen molar-refractivity contribution in [3.8, 4) is 0 Å². The molecule has 0 spiro atoms. The minimum absolute atomic E-state index is 0.559. The molecule has 16 heavy (non-hydrogen) atoms. The van der Waals surface area contributed by atoms with Crippen LogP contribution in [0, 0.1) is 0 Å². The lowest BCUT2D eigenvalue weighted by Crippen LogP contribution is -2.22. The highest BCUT2D eigenvalue weighted by Crippen LogP contribution is 2.25. The summed E-state index contributed by atoms with van der Waals surface area (Å²) in [5.41, 5.74) is 1.21. The first kappa shape index (κ1) is 12.4. The number of thioether (sulfide) groups is 1. The lowest BCUT2D eigenvalue weighted by Gasteiger charge is -2.08. The molecule has 1 aromatic heterocycles. The van der Waals surface area contributed by atoms with Gasteiger partial charge in [0.15, 0.2) is 0 Å². The highest BCUT2D eigenvalue weighted by atomic mass is 32.2. The van der Waals surface area contributed by atoms with Crippen LogP contribution in [-0.2, 0) is 6.54 Å². The van der Waals surface area contributed by atoms with Gasteiger partial charge in [0.1, 0.15) is 0 Å². The highest BCUT2D eigenvalue weighted by Gasteiger charge is 2.14. The Labute approximate surface area is 106 Å². The van der Waals surface area contributed by atoms with Crippen molar-refractivity contribution in [3.05, 3.63) is 16.1 Å². The van der Waals surface area contributed by atoms with Gasteiger partial charge in [-0.3, -0.25) is 0 Å². The third-order valence-corrected chi connectivity index (χ3v) is 5.36. The SMILES string of the molecule is CC(C)c1nc(CNCC2CCCS2)cs1. The first-order valence-corrected chi connectivity index (χ1v) is 7.95. The monoisotopic (exact) mass is 256 g/mol. The summed E-state index contributed by atoms with van der Waals surface area (Å²) in [6.45, 7) is 6.47. The normalized spacial score (nSPS) is 20.8. The summed E-state index contributed by atoms with van der Waals surface area (Å²) in [6.07, 6.45) is 2.77. The smallest absolute Gasteiger partial charge is 0.0954 e. The van der Waals surface area contributed by atoms with Crippen molar-refractivity contribution in [2.75, 3.05) is 12.3 Å². The zero-order valence-electron chi connectivity index (χ0n) is 10.0. The molecular weight excluding hydrogens is 236 g/mol. The summed E-state index contributed by atoms with van der Waals surface area (Å²) >= 11 is 3.89. The lowest BCUT2D eigenvalue weighted by atomic mass is 10.2. The molecule has 1 saturated heterocycles. The van der Waals surface area contributed by atoms with E-state index in [1.807, 2.05) is 0 Å². The van der Waals surface area contributed by atoms with Gasteiger partial charge in [-0.25, -0.2) is 4.98 Å². The number of hydrogen-bond acceptors (Lipinski definition) is 4. The molecule has 2 nitrogen and oxygen atoms in total. The Morgan fingerprint density at radius 1 is 1.56 bits per heavy atom. The van der Waals surface area contributed by atoms with Gasteiger partial charge in [-0.2, -0.15) is 11.8 Å². The Morgan fingerprint density at radius 3 is 3.06 bits per heavy atom. The molecule has 2 heterocycles. The summed E-state index contributed by atoms with van der Waals surface area (Å²) in [7, 11) is 0. The molecule has 0 bridgehead atoms. The molecule has 4 heteroatoms. The summed E-state index contributed by atoms with van der Waals surface area (Å²) in [5.74, 6) is 1.91. The van der Waals surface area contributed by atoms with Crippen molar-refractivity contribution in [1.29, 1.82) is 0 Å². The molecule has 1 aliphatic heterocycles. The Bertz CT molecular complexity index is 317. The van der Waals surface area contributed by atoms with Crippen LogP contribution in [0.15, 0.2) is 5.38 Å². The van der Waals surface area contributed by atoms with E-state index in [0.717, 1.165) is 18.3 Å². The maximum absolute atomic E-state index is 4.62. The van der Waals surface area contributed by atoms with Gasteiger partial charge in [0, 0.05) is 29.6 Å². The van der Waals surface area contributed by atoms with Crippen LogP contribution in [0.4, 0.5) is 0 Å². The summed E-state index contributed by atoms with van der Waals surface area (Å²) < 4.78 is 0. The molecule has 1 aliphatic rings. The molecule has 0 aromatic carbocycles. The standard InChI is InChI=1S/C12H20N2S2/c1-9(2)12-14-10(8-16-12)6-13-7-11-4-3-5-15-11/h8-9,11,13H,3-7H2,1-2H3. The molecule has 1 atom stereocenters. The van der Waals surface area contributed by atoms with Crippen LogP contribution in [0.2, 0.25) is 0 Å². The molecular formula is C12H20N2S2. The summed E-state index contributed by atoms with van der Waals surface area (Å²) in [5, 5.41) is 7.80. The van der Waals surface area contributed by atoms with Crippen LogP contribution in [0.1, 0.15) is 43.3 Å². The molecule has 1 unspecified atom stereocenters. The first-order valence-electron chi connectivity index (χ1n) is 6.02. The van der Waals surface area contributed by atoms with E-state index in [9.17, 15) is 0 Å². The van der Waals surface area contributed by atoms with E-state index in [0.29, 0.717) is 5.92 Å². The molecule has 0 radical (unpaired) electrons. The van der Waals surface area contributed by atoms with Crippen LogP contribution in [0.5, 0.6) is 0 Å². The van der Waals surface area contributed by atoms with E-state index in [4.69, 9.17) is 0 Å². The van der Waals surface area contributed by atoms with Crippen molar-refractivity contribution in [2.24, 2.45) is 0 Å². The van der Waals surface area contributed by atoms with Crippen molar-refractivity contribution >= 4 is 23.1 Å². The molecule has 1 aromatic rings. The second-order valence-electron chi connectivity index (χ2n) is 4.60. The van der Waals surface area contributed by atoms with Gasteiger partial charge < -0.3 is 5.32 Å². The van der Waals surface area contributed by atoms with Gasteiger partial charge >= 0.3 is 0 Å². The van der Waals surface area contributed by atoms with E-state index in [1.54, 1.807) is 11.3 Å². The highest BCUT2D eigenvalue weighted by molar-refractivity contribution is 8.00. The molecule has 2 rings (SSSR count). The zero-order chi connectivity index (χ0) is 11.4. The average molecular weight is 256 g/mol. The number of nitrogens with one attached hydrogen (secondary N) is 1. The molecule has 90 valence electrons. The molecule has 0 aliphatic carbocycles. The number of thiazole rings is 1. The Hall–Kier alpha value is -0.0600. The minimum Gasteiger partial charge on any atom is -0.310 e. The van der Waals surface area contributed by atoms with Gasteiger partial charge in [0.05, 0.1) is 10.7 Å². The fraction of sp³-hybridized carbons (Fsp3) is 0.750. The van der Waals surface area contributed by atoms with E-state index >= 15 is 0 Å². The Morgan fingerprint density at radius 2 is 2.44 bits per heavy atom. The van der Waals surface area contributed by atoms with Crippen LogP contribution in [-0.4, -0.2) is 22.5 Å². The second kappa shape index (κ2) is 6.03. The van der Waals surface area contributed by atoms with E-state index in [1.165, 1.54) is 29.3 Å². The van der Waals surface area contributed by atoms with Crippen LogP contribution < -0.4 is 5.32 Å². The van der Waals surface area contributed by atoms with Crippen LogP contribution >= 0.6 is 23.1 Å². The minimum atomic E-state index is 0.559. The topological polar surface area (TPSA) is 24.9 Å². The van der Waals surface area contributed by atoms with Gasteiger partial charge in [-0.1, -0.05) is 13.8 Å². The molecule has 0 saturated carbocycles. The number of nitrogens with zero attached hydrogens (tertiary/aromatic N) is 1. The predicted octanol–water partition coefficient (Wildman–Crippen LogP) is 3.25. The second-order valence-corrected chi connectivity index (χ2v) is 6.90. The Kier molecular flexibility index (Phi) is 4.67. The number of rotatable bonds is 5. The third-order valence-electron chi connectivity index (χ3n) is 2.77. The average Bonchev–Trinajstić information content (AvgIpc) is 2.87. The van der Waals surface area contributed by atoms with E-state index in [2.05, 4.69) is 41.3 Å². The molecule has 1 fully saturated rings. The summed E-state index contributed by atoms with van der Waals surface area (Å²) in [6, 6.07) is 0. The van der Waals surface area contributed by atoms with Crippen LogP contribution in [0.3, 0.4) is 0 Å². The van der Waals surface area contributed by atoms with Crippen molar-refractivity contribution < 1.29 is 0 Å². The van der Waals surface area contributed by atoms with Crippen LogP contribution in [0.25, 0.3) is 0 Å². The van der Waals surface area contributed by atoms with Crippen molar-refractivity contribution in [2.45, 2.75) is 44.4 Å². The maximum atomic E-state index is 4.62. The molecule has 1 N–H and O–H groups in total. The van der Waals surface area contributed by atoms with Crippen molar-refractivity contribution in [3.63, 3.8) is 0 Å². The molecule has 0 amide bonds. The third kappa shape index (κ3) is 3.47. The maximum Gasteiger partial charge on any atom is 0.0954 e. The number of aromatic nitrogens is 1. The number of hydrogen-bond donors (Lipinski definition) is 1. The lowest BCUT2D eigenvalue weighted by molar-refractivity contribution is 0.637. The largest absolute Gasteiger partial charge is 0.310 e. The quantitative estimate of drug-likeness (QED) is 0.875. The van der Waals surface area contributed by atoms with Gasteiger partial charge in [0.25, 0.3) is 0 Å². The summed E-state index contributed by atoms with van der Waals surface area (Å²) in [4.78, 5) is 4.62. The zero-order valence-corrected chi connectivity index (χ0v) is 11.7. The van der Waals surface area contributed by atoms with E-state index < -0.39 is 0 Å². The van der Waals surface area contributed by atoms with Crippen molar-refractivity contribution in [1.82, 2.24) is 10.3 Å². The fourth-order valence-electron chi connectivity index (χ4n) is 1.84. The predicted molar refractivity (Wildman–Crippen MR) is 73.4 cm³/mol. The van der Waals surface area contributed by atoms with E-state index in [-0.39, 0.29) is 0 Å². The first-order chi connectivity index (χ1) is 7.75. The van der Waals surface area contributed by atoms with Gasteiger partial charge in [-0.05, 0) is 18.6 Å². The fourth-order valence-corrected chi connectivity index (χ4v) is 3.91. The Balaban J connectivity index is 1.72.